The second kappa shape index (κ2) is 15.0. The molecular weight excluding hydrogens is 887 g/mol. The van der Waals surface area contributed by atoms with Gasteiger partial charge >= 0.3 is 0 Å². The van der Waals surface area contributed by atoms with Crippen molar-refractivity contribution in [2.75, 3.05) is 4.90 Å². The van der Waals surface area contributed by atoms with Gasteiger partial charge in [-0.1, -0.05) is 194 Å². The van der Waals surface area contributed by atoms with Crippen LogP contribution in [0.15, 0.2) is 261 Å². The molecule has 2 spiro atoms. The first kappa shape index (κ1) is 40.3. The molecule has 0 saturated heterocycles. The Kier molecular flexibility index (Phi) is 8.30. The normalized spacial score (nSPS) is 14.2. The molecule has 0 unspecified atom stereocenters. The molecule has 0 aromatic heterocycles. The van der Waals surface area contributed by atoms with Crippen molar-refractivity contribution in [2.24, 2.45) is 0 Å². The van der Waals surface area contributed by atoms with Crippen LogP contribution in [0.3, 0.4) is 0 Å². The number of rotatable bonds is 4. The van der Waals surface area contributed by atoms with E-state index in [2.05, 4.69) is 266 Å². The molecule has 0 atom stereocenters. The summed E-state index contributed by atoms with van der Waals surface area (Å²) in [4.78, 5) is 2.46. The third-order valence-corrected chi connectivity index (χ3v) is 16.4. The Morgan fingerprint density at radius 1 is 0.247 bits per heavy atom. The van der Waals surface area contributed by atoms with Gasteiger partial charge in [0.2, 0.25) is 0 Å². The monoisotopic (exact) mass is 929 g/mol. The lowest BCUT2D eigenvalue weighted by Gasteiger charge is -2.40. The summed E-state index contributed by atoms with van der Waals surface area (Å²) >= 11 is 0. The maximum atomic E-state index is 6.75. The number of nitrogens with zero attached hydrogens (tertiary/aromatic N) is 1. The Balaban J connectivity index is 0.922. The number of hydrogen-bond donors (Lipinski definition) is 0. The van der Waals surface area contributed by atoms with Crippen molar-refractivity contribution >= 4 is 38.6 Å². The lowest BCUT2D eigenvalue weighted by Crippen LogP contribution is -2.32. The quantitative estimate of drug-likeness (QED) is 0.164. The van der Waals surface area contributed by atoms with E-state index in [1.54, 1.807) is 0 Å². The van der Waals surface area contributed by atoms with Gasteiger partial charge in [0.05, 0.1) is 10.8 Å². The van der Waals surface area contributed by atoms with E-state index < -0.39 is 10.8 Å². The molecular formula is C70H43NO2. The van der Waals surface area contributed by atoms with Crippen molar-refractivity contribution in [1.29, 1.82) is 0 Å². The van der Waals surface area contributed by atoms with Crippen molar-refractivity contribution in [3.8, 4) is 56.4 Å². The van der Waals surface area contributed by atoms with Crippen molar-refractivity contribution in [3.63, 3.8) is 0 Å². The zero-order valence-electron chi connectivity index (χ0n) is 39.6. The Morgan fingerprint density at radius 3 is 1.30 bits per heavy atom. The molecule has 0 fully saturated rings. The fourth-order valence-electron chi connectivity index (χ4n) is 13.4. The van der Waals surface area contributed by atoms with E-state index in [0.29, 0.717) is 0 Å². The van der Waals surface area contributed by atoms with Gasteiger partial charge < -0.3 is 14.4 Å². The van der Waals surface area contributed by atoms with Crippen LogP contribution in [0.5, 0.6) is 23.0 Å². The Labute approximate surface area is 423 Å². The fraction of sp³-hybridized carbons (Fsp3) is 0.0286. The topological polar surface area (TPSA) is 21.7 Å². The van der Waals surface area contributed by atoms with Crippen LogP contribution in [0.2, 0.25) is 0 Å². The SMILES string of the molecule is c1ccc2c(c1)Oc1ccccc1C21c2ccccc2-c2cc(N(c3ccc(-c4ccc5c(ccc6ccccc65)c4)cc3)c3ccc4c(c3)C3(c5ccccc5Oc5ccccc53)c3ccccc3-4)ccc21. The molecule has 0 saturated carbocycles. The van der Waals surface area contributed by atoms with Gasteiger partial charge in [-0.25, -0.2) is 0 Å². The summed E-state index contributed by atoms with van der Waals surface area (Å²) in [6.45, 7) is 0. The molecule has 2 aliphatic carbocycles. The van der Waals surface area contributed by atoms with Gasteiger partial charge in [0.25, 0.3) is 0 Å². The van der Waals surface area contributed by atoms with Crippen LogP contribution < -0.4 is 14.4 Å². The average molecular weight is 930 g/mol. The highest BCUT2D eigenvalue weighted by Gasteiger charge is 2.53. The molecule has 12 aromatic rings. The minimum atomic E-state index is -0.614. The molecule has 3 nitrogen and oxygen atoms in total. The van der Waals surface area contributed by atoms with E-state index in [1.165, 1.54) is 77.2 Å². The van der Waals surface area contributed by atoms with Gasteiger partial charge in [-0.05, 0) is 144 Å². The number of fused-ring (bicyclic) bond motifs is 21. The molecule has 2 aliphatic heterocycles. The van der Waals surface area contributed by atoms with Gasteiger partial charge in [-0.15, -0.1) is 0 Å². The molecule has 16 rings (SSSR count). The van der Waals surface area contributed by atoms with Crippen molar-refractivity contribution < 1.29 is 9.47 Å². The van der Waals surface area contributed by atoms with E-state index in [9.17, 15) is 0 Å². The summed E-state index contributed by atoms with van der Waals surface area (Å²) in [7, 11) is 0. The number of para-hydroxylation sites is 4. The highest BCUT2D eigenvalue weighted by molar-refractivity contribution is 6.08. The third-order valence-electron chi connectivity index (χ3n) is 16.4. The first-order valence-electron chi connectivity index (χ1n) is 25.2. The highest BCUT2D eigenvalue weighted by atomic mass is 16.5. The summed E-state index contributed by atoms with van der Waals surface area (Å²) in [6, 6.07) is 95.8. The van der Waals surface area contributed by atoms with Crippen LogP contribution in [0.25, 0.3) is 54.9 Å². The smallest absolute Gasteiger partial charge is 0.132 e. The van der Waals surface area contributed by atoms with Crippen LogP contribution in [0, 0.1) is 0 Å². The second-order valence-electron chi connectivity index (χ2n) is 19.8. The van der Waals surface area contributed by atoms with Crippen LogP contribution in [-0.4, -0.2) is 0 Å². The first-order chi connectivity index (χ1) is 36.2. The van der Waals surface area contributed by atoms with Crippen molar-refractivity contribution in [3.05, 3.63) is 305 Å². The average Bonchev–Trinajstić information content (AvgIpc) is 3.98. The van der Waals surface area contributed by atoms with E-state index >= 15 is 0 Å². The van der Waals surface area contributed by atoms with Gasteiger partial charge in [-0.2, -0.15) is 0 Å². The molecule has 12 aromatic carbocycles. The Morgan fingerprint density at radius 2 is 0.671 bits per heavy atom. The lowest BCUT2D eigenvalue weighted by atomic mass is 9.66. The Hall–Kier alpha value is -9.44. The number of benzene rings is 12. The molecule has 0 radical (unpaired) electrons. The largest absolute Gasteiger partial charge is 0.457 e. The molecule has 2 heterocycles. The molecule has 4 aliphatic rings. The number of hydrogen-bond acceptors (Lipinski definition) is 3. The van der Waals surface area contributed by atoms with Crippen molar-refractivity contribution in [2.45, 2.75) is 10.8 Å². The minimum Gasteiger partial charge on any atom is -0.457 e. The van der Waals surface area contributed by atoms with Crippen LogP contribution >= 0.6 is 0 Å². The number of ether oxygens (including phenoxy) is 2. The van der Waals surface area contributed by atoms with E-state index in [4.69, 9.17) is 9.47 Å². The van der Waals surface area contributed by atoms with E-state index in [-0.39, 0.29) is 0 Å². The molecule has 0 amide bonds. The first-order valence-corrected chi connectivity index (χ1v) is 25.2. The number of anilines is 3. The van der Waals surface area contributed by atoms with Gasteiger partial charge in [0, 0.05) is 39.3 Å². The van der Waals surface area contributed by atoms with Gasteiger partial charge in [0.15, 0.2) is 0 Å². The predicted molar refractivity (Wildman–Crippen MR) is 296 cm³/mol. The third kappa shape index (κ3) is 5.43. The minimum absolute atomic E-state index is 0.565. The summed E-state index contributed by atoms with van der Waals surface area (Å²) in [5, 5.41) is 5.03. The van der Waals surface area contributed by atoms with E-state index in [1.807, 2.05) is 0 Å². The Bertz CT molecular complexity index is 4210. The fourth-order valence-corrected chi connectivity index (χ4v) is 13.4. The summed E-state index contributed by atoms with van der Waals surface area (Å²) < 4.78 is 13.4. The van der Waals surface area contributed by atoms with Gasteiger partial charge in [-0.3, -0.25) is 0 Å². The molecule has 0 N–H and O–H groups in total. The maximum Gasteiger partial charge on any atom is 0.132 e. The van der Waals surface area contributed by atoms with Crippen LogP contribution in [0.1, 0.15) is 44.5 Å². The molecule has 3 heteroatoms. The van der Waals surface area contributed by atoms with Crippen LogP contribution in [0.4, 0.5) is 17.1 Å². The van der Waals surface area contributed by atoms with Gasteiger partial charge in [0.1, 0.15) is 23.0 Å². The summed E-state index contributed by atoms with van der Waals surface area (Å²) in [5.74, 6) is 3.54. The van der Waals surface area contributed by atoms with Crippen molar-refractivity contribution in [1.82, 2.24) is 0 Å². The lowest BCUT2D eigenvalue weighted by molar-refractivity contribution is 0.436. The predicted octanol–water partition coefficient (Wildman–Crippen LogP) is 18.1. The maximum absolute atomic E-state index is 6.75. The molecule has 73 heavy (non-hydrogen) atoms. The molecule has 0 bridgehead atoms. The standard InChI is InChI=1S/C70H43NO2/c1-2-16-51-45(15-1)29-30-47-41-46(33-38-52(47)51)44-31-34-48(35-32-44)71(49-37-40-59-56(42-49)54-18-4-6-20-58(54)69(59)60-21-7-11-25-65(60)72-66-26-12-8-22-61(66)69)50-36-39-55-53-17-3-5-19-57(53)70(64(55)43-50)62-23-9-13-27-67(62)73-68-28-14-10-24-63(68)70/h1-43H. The van der Waals surface area contributed by atoms with Crippen LogP contribution in [-0.2, 0) is 10.8 Å². The summed E-state index contributed by atoms with van der Waals surface area (Å²) in [5.41, 5.74) is 18.9. The zero-order valence-corrected chi connectivity index (χ0v) is 39.6. The second-order valence-corrected chi connectivity index (χ2v) is 19.8. The zero-order chi connectivity index (χ0) is 47.8. The highest BCUT2D eigenvalue weighted by Crippen LogP contribution is 2.65. The summed E-state index contributed by atoms with van der Waals surface area (Å²) in [6.07, 6.45) is 0. The molecule has 340 valence electrons. The van der Waals surface area contributed by atoms with E-state index in [0.717, 1.165) is 62.3 Å².